The summed E-state index contributed by atoms with van der Waals surface area (Å²) in [6.45, 7) is 3.65. The number of carbonyl (C=O) groups excluding carboxylic acids is 1. The molecule has 0 aliphatic carbocycles. The van der Waals surface area contributed by atoms with Crippen molar-refractivity contribution in [2.24, 2.45) is 5.16 Å². The molecule has 1 amide bonds. The first-order valence-corrected chi connectivity index (χ1v) is 9.51. The number of halogens is 2. The van der Waals surface area contributed by atoms with Crippen molar-refractivity contribution >= 4 is 52.0 Å². The van der Waals surface area contributed by atoms with Crippen molar-refractivity contribution in [3.63, 3.8) is 0 Å². The second-order valence-electron chi connectivity index (χ2n) is 5.63. The minimum atomic E-state index is -0.697. The molecular weight excluding hydrogens is 405 g/mol. The summed E-state index contributed by atoms with van der Waals surface area (Å²) in [6.07, 6.45) is -0.697. The van der Waals surface area contributed by atoms with E-state index in [0.29, 0.717) is 21.4 Å². The molecule has 0 bridgehead atoms. The van der Waals surface area contributed by atoms with Gasteiger partial charge < -0.3 is 0 Å². The molecule has 0 saturated carbocycles. The Morgan fingerprint density at radius 3 is 2.59 bits per heavy atom. The second-order valence-corrected chi connectivity index (χ2v) is 7.50. The van der Waals surface area contributed by atoms with Gasteiger partial charge in [0.05, 0.1) is 16.3 Å². The maximum absolute atomic E-state index is 11.9. The molecule has 1 N–H and O–H groups in total. The quantitative estimate of drug-likeness (QED) is 0.302. The number of carbonyl (C=O) groups is 1. The average molecular weight is 420 g/mol. The normalized spacial score (nSPS) is 11.3. The zero-order valence-electron chi connectivity index (χ0n) is 14.5. The van der Waals surface area contributed by atoms with Gasteiger partial charge in [-0.25, -0.2) is 9.78 Å². The number of thiazole rings is 1. The summed E-state index contributed by atoms with van der Waals surface area (Å²) in [5.74, 6) is 0. The van der Waals surface area contributed by atoms with Gasteiger partial charge in [-0.1, -0.05) is 46.6 Å². The molecule has 138 valence electrons. The fourth-order valence-electron chi connectivity index (χ4n) is 2.31. The highest BCUT2D eigenvalue weighted by molar-refractivity contribution is 7.17. The van der Waals surface area contributed by atoms with Crippen molar-refractivity contribution < 1.29 is 9.63 Å². The second kappa shape index (κ2) is 8.52. The van der Waals surface area contributed by atoms with Crippen LogP contribution in [0.1, 0.15) is 17.5 Å². The summed E-state index contributed by atoms with van der Waals surface area (Å²) in [6, 6.07) is 14.2. The van der Waals surface area contributed by atoms with Gasteiger partial charge in [0.15, 0.2) is 0 Å². The maximum Gasteiger partial charge on any atom is 0.437 e. The summed E-state index contributed by atoms with van der Waals surface area (Å²) in [4.78, 5) is 22.2. The predicted octanol–water partition coefficient (Wildman–Crippen LogP) is 6.40. The van der Waals surface area contributed by atoms with Gasteiger partial charge in [0.25, 0.3) is 0 Å². The highest BCUT2D eigenvalue weighted by atomic mass is 35.5. The lowest BCUT2D eigenvalue weighted by molar-refractivity contribution is 0.166. The predicted molar refractivity (Wildman–Crippen MR) is 111 cm³/mol. The topological polar surface area (TPSA) is 63.6 Å². The van der Waals surface area contributed by atoms with Crippen LogP contribution in [0.5, 0.6) is 0 Å². The number of nitrogens with one attached hydrogen (secondary N) is 1. The Morgan fingerprint density at radius 2 is 1.89 bits per heavy atom. The van der Waals surface area contributed by atoms with E-state index >= 15 is 0 Å². The fraction of sp³-hybridized carbons (Fsp3) is 0.105. The zero-order valence-corrected chi connectivity index (χ0v) is 16.8. The number of aromatic nitrogens is 1. The van der Waals surface area contributed by atoms with E-state index in [9.17, 15) is 4.79 Å². The Bertz CT molecular complexity index is 1000. The Labute approximate surface area is 170 Å². The van der Waals surface area contributed by atoms with Crippen LogP contribution in [0, 0.1) is 6.92 Å². The fourth-order valence-corrected chi connectivity index (χ4v) is 3.63. The first-order chi connectivity index (χ1) is 12.9. The molecule has 27 heavy (non-hydrogen) atoms. The third kappa shape index (κ3) is 5.07. The molecule has 0 unspecified atom stereocenters. The third-order valence-electron chi connectivity index (χ3n) is 3.55. The molecule has 3 aromatic rings. The minimum absolute atomic E-state index is 0.516. The molecule has 0 aliphatic heterocycles. The van der Waals surface area contributed by atoms with E-state index in [1.165, 1.54) is 11.3 Å². The number of anilines is 1. The third-order valence-corrected chi connectivity index (χ3v) is 5.36. The van der Waals surface area contributed by atoms with Gasteiger partial charge in [0.1, 0.15) is 5.01 Å². The van der Waals surface area contributed by atoms with E-state index in [1.54, 1.807) is 31.2 Å². The number of hydrogen-bond acceptors (Lipinski definition) is 5. The van der Waals surface area contributed by atoms with Crippen LogP contribution >= 0.6 is 34.5 Å². The molecule has 3 rings (SSSR count). The number of nitrogens with zero attached hydrogens (tertiary/aromatic N) is 2. The highest BCUT2D eigenvalue weighted by Gasteiger charge is 2.13. The molecule has 0 saturated heterocycles. The van der Waals surface area contributed by atoms with Crippen LogP contribution in [-0.4, -0.2) is 16.8 Å². The minimum Gasteiger partial charge on any atom is -0.297 e. The molecule has 0 fully saturated rings. The monoisotopic (exact) mass is 419 g/mol. The van der Waals surface area contributed by atoms with E-state index in [4.69, 9.17) is 28.0 Å². The first-order valence-electron chi connectivity index (χ1n) is 7.94. The molecule has 1 heterocycles. The Balaban J connectivity index is 1.70. The van der Waals surface area contributed by atoms with E-state index in [-0.39, 0.29) is 0 Å². The molecular formula is C19H15Cl2N3O2S. The zero-order chi connectivity index (χ0) is 19.4. The van der Waals surface area contributed by atoms with E-state index in [1.807, 2.05) is 31.2 Å². The molecule has 0 atom stereocenters. The number of amides is 1. The van der Waals surface area contributed by atoms with E-state index in [0.717, 1.165) is 21.1 Å². The van der Waals surface area contributed by atoms with Crippen molar-refractivity contribution in [1.82, 2.24) is 4.98 Å². The summed E-state index contributed by atoms with van der Waals surface area (Å²) in [7, 11) is 0. The van der Waals surface area contributed by atoms with Gasteiger partial charge in [-0.05, 0) is 44.2 Å². The number of benzene rings is 2. The van der Waals surface area contributed by atoms with Crippen LogP contribution in [0.15, 0.2) is 53.7 Å². The van der Waals surface area contributed by atoms with Crippen LogP contribution in [-0.2, 0) is 4.84 Å². The lowest BCUT2D eigenvalue weighted by atomic mass is 10.2. The molecule has 0 spiro atoms. The number of hydrogen-bond donors (Lipinski definition) is 1. The Hall–Kier alpha value is -2.41. The molecule has 0 aliphatic rings. The van der Waals surface area contributed by atoms with Gasteiger partial charge in [-0.2, -0.15) is 0 Å². The van der Waals surface area contributed by atoms with Gasteiger partial charge in [0, 0.05) is 21.3 Å². The Morgan fingerprint density at radius 1 is 1.15 bits per heavy atom. The molecule has 8 heteroatoms. The van der Waals surface area contributed by atoms with Gasteiger partial charge in [0.2, 0.25) is 0 Å². The van der Waals surface area contributed by atoms with Gasteiger partial charge >= 0.3 is 6.09 Å². The van der Waals surface area contributed by atoms with Crippen molar-refractivity contribution in [2.45, 2.75) is 13.8 Å². The lowest BCUT2D eigenvalue weighted by Crippen LogP contribution is -2.11. The van der Waals surface area contributed by atoms with Crippen molar-refractivity contribution in [1.29, 1.82) is 0 Å². The molecule has 2 aromatic carbocycles. The van der Waals surface area contributed by atoms with Crippen LogP contribution in [0.25, 0.3) is 10.6 Å². The van der Waals surface area contributed by atoms with Crippen molar-refractivity contribution in [3.8, 4) is 10.6 Å². The van der Waals surface area contributed by atoms with Gasteiger partial charge in [-0.3, -0.25) is 10.2 Å². The Kier molecular flexibility index (Phi) is 6.11. The van der Waals surface area contributed by atoms with Crippen LogP contribution in [0.2, 0.25) is 10.0 Å². The van der Waals surface area contributed by atoms with E-state index < -0.39 is 6.09 Å². The van der Waals surface area contributed by atoms with Crippen LogP contribution in [0.4, 0.5) is 10.5 Å². The smallest absolute Gasteiger partial charge is 0.297 e. The average Bonchev–Trinajstić information content (AvgIpc) is 3.02. The summed E-state index contributed by atoms with van der Waals surface area (Å²) < 4.78 is 0. The summed E-state index contributed by atoms with van der Waals surface area (Å²) in [5.41, 5.74) is 2.86. The standard InChI is InChI=1S/C19H15Cl2N3O2S/c1-11-17(27-18(22-11)13-6-8-14(20)9-7-13)12(2)24-26-19(25)23-16-5-3-4-15(21)10-16/h3-10H,1-2H3,(H,23,25)/b24-12-. The first kappa shape index (κ1) is 19.4. The largest absolute Gasteiger partial charge is 0.437 e. The number of rotatable bonds is 4. The van der Waals surface area contributed by atoms with E-state index in [2.05, 4.69) is 15.5 Å². The van der Waals surface area contributed by atoms with Crippen LogP contribution in [0.3, 0.4) is 0 Å². The molecule has 1 aromatic heterocycles. The molecule has 0 radical (unpaired) electrons. The summed E-state index contributed by atoms with van der Waals surface area (Å²) in [5, 5.41) is 8.51. The highest BCUT2D eigenvalue weighted by Crippen LogP contribution is 2.29. The maximum atomic E-state index is 11.9. The number of oxime groups is 1. The molecule has 5 nitrogen and oxygen atoms in total. The lowest BCUT2D eigenvalue weighted by Gasteiger charge is -2.03. The summed E-state index contributed by atoms with van der Waals surface area (Å²) >= 11 is 13.3. The van der Waals surface area contributed by atoms with Crippen molar-refractivity contribution in [2.75, 3.05) is 5.32 Å². The van der Waals surface area contributed by atoms with Crippen LogP contribution < -0.4 is 5.32 Å². The SMILES string of the molecule is C/C(=N/OC(=O)Nc1cccc(Cl)c1)c1sc(-c2ccc(Cl)cc2)nc1C. The van der Waals surface area contributed by atoms with Gasteiger partial charge in [-0.15, -0.1) is 11.3 Å². The number of aryl methyl sites for hydroxylation is 1. The van der Waals surface area contributed by atoms with Crippen molar-refractivity contribution in [3.05, 3.63) is 69.1 Å².